The van der Waals surface area contributed by atoms with Crippen LogP contribution in [0.2, 0.25) is 0 Å². The minimum atomic E-state index is -2.61. The number of fused-ring (bicyclic) bond motifs is 2. The van der Waals surface area contributed by atoms with Gasteiger partial charge < -0.3 is 20.0 Å². The Kier molecular flexibility index (Phi) is 5.33. The number of aromatic hydroxyl groups is 1. The highest BCUT2D eigenvalue weighted by molar-refractivity contribution is 5.98. The predicted octanol–water partition coefficient (Wildman–Crippen LogP) is 5.34. The third kappa shape index (κ3) is 4.04. The number of phenols is 1. The zero-order chi connectivity index (χ0) is 26.1. The van der Waals surface area contributed by atoms with Crippen molar-refractivity contribution in [2.24, 2.45) is 10.8 Å². The van der Waals surface area contributed by atoms with E-state index in [1.807, 2.05) is 24.3 Å². The molecule has 3 heterocycles. The van der Waals surface area contributed by atoms with Crippen molar-refractivity contribution >= 4 is 22.8 Å². The number of alkyl halides is 2. The molecule has 3 aromatic rings. The summed E-state index contributed by atoms with van der Waals surface area (Å²) in [5, 5.41) is 21.6. The first-order valence-corrected chi connectivity index (χ1v) is 12.7. The molecule has 2 aromatic carbocycles. The van der Waals surface area contributed by atoms with Gasteiger partial charge in [-0.15, -0.1) is 0 Å². The Balaban J connectivity index is 1.50. The second-order valence-electron chi connectivity index (χ2n) is 11.7. The molecule has 2 N–H and O–H groups in total. The number of hydrogen-bond donors (Lipinski definition) is 2. The number of likely N-dealkylation sites (tertiary alicyclic amines) is 1. The first-order valence-electron chi connectivity index (χ1n) is 12.7. The van der Waals surface area contributed by atoms with Crippen LogP contribution < -0.4 is 4.90 Å². The molecule has 0 bridgehead atoms. The number of anilines is 1. The molecule has 1 spiro atoms. The van der Waals surface area contributed by atoms with Crippen LogP contribution in [-0.4, -0.2) is 63.3 Å². The number of amides is 1. The molecule has 1 aliphatic carbocycles. The number of hydrogen-bond acceptors (Lipinski definition) is 5. The lowest BCUT2D eigenvalue weighted by Gasteiger charge is -2.46. The SMILES string of the molecule is CC1(C)CCc2c(nc(N3CC4(C[C@@H]3C(F)F)CN(C(=O)O)C4)nc2-c2cc(O)cc3ccccc23)C1. The van der Waals surface area contributed by atoms with Crippen molar-refractivity contribution in [3.63, 3.8) is 0 Å². The van der Waals surface area contributed by atoms with Gasteiger partial charge in [0, 0.05) is 36.2 Å². The van der Waals surface area contributed by atoms with Gasteiger partial charge in [0.15, 0.2) is 0 Å². The number of halogens is 2. The largest absolute Gasteiger partial charge is 0.508 e. The van der Waals surface area contributed by atoms with Crippen LogP contribution in [0, 0.1) is 10.8 Å². The van der Waals surface area contributed by atoms with E-state index in [4.69, 9.17) is 9.97 Å². The van der Waals surface area contributed by atoms with Gasteiger partial charge in [0.05, 0.1) is 17.4 Å². The Bertz CT molecular complexity index is 1400. The fourth-order valence-electron chi connectivity index (χ4n) is 6.44. The summed E-state index contributed by atoms with van der Waals surface area (Å²) in [6.07, 6.45) is -1.03. The first-order chi connectivity index (χ1) is 17.5. The molecule has 2 fully saturated rings. The second-order valence-corrected chi connectivity index (χ2v) is 11.7. The molecule has 6 rings (SSSR count). The smallest absolute Gasteiger partial charge is 0.407 e. The third-order valence-electron chi connectivity index (χ3n) is 8.30. The molecular formula is C28H30F2N4O3. The highest BCUT2D eigenvalue weighted by atomic mass is 19.3. The molecule has 1 aromatic heterocycles. The molecule has 2 saturated heterocycles. The standard InChI is InChI=1S/C28H30F2N4O3/c1-27(2)8-7-19-21(11-27)31-25(32-23(19)20-10-17(35)9-16-5-3-4-6-18(16)20)34-15-28(12-22(34)24(29)30)13-33(14-28)26(36)37/h3-6,9-10,22,24,35H,7-8,11-15H2,1-2H3,(H,36,37)/t22-/m1/s1. The van der Waals surface area contributed by atoms with Crippen molar-refractivity contribution in [3.8, 4) is 17.0 Å². The van der Waals surface area contributed by atoms with E-state index in [1.54, 1.807) is 17.0 Å². The Morgan fingerprint density at radius 1 is 1.14 bits per heavy atom. The van der Waals surface area contributed by atoms with E-state index in [0.717, 1.165) is 40.4 Å². The van der Waals surface area contributed by atoms with Gasteiger partial charge >= 0.3 is 6.09 Å². The van der Waals surface area contributed by atoms with Crippen molar-refractivity contribution in [1.29, 1.82) is 0 Å². The quantitative estimate of drug-likeness (QED) is 0.496. The molecular weight excluding hydrogens is 478 g/mol. The van der Waals surface area contributed by atoms with Crippen LogP contribution in [0.3, 0.4) is 0 Å². The van der Waals surface area contributed by atoms with Gasteiger partial charge in [-0.1, -0.05) is 38.1 Å². The van der Waals surface area contributed by atoms with Crippen molar-refractivity contribution in [2.75, 3.05) is 24.5 Å². The van der Waals surface area contributed by atoms with Crippen molar-refractivity contribution in [1.82, 2.24) is 14.9 Å². The molecule has 1 amide bonds. The van der Waals surface area contributed by atoms with Crippen LogP contribution in [0.25, 0.3) is 22.0 Å². The van der Waals surface area contributed by atoms with E-state index in [1.165, 1.54) is 4.90 Å². The zero-order valence-corrected chi connectivity index (χ0v) is 20.9. The Hall–Kier alpha value is -3.49. The second kappa shape index (κ2) is 8.26. The van der Waals surface area contributed by atoms with Gasteiger partial charge in [-0.3, -0.25) is 0 Å². The van der Waals surface area contributed by atoms with Crippen LogP contribution in [0.5, 0.6) is 5.75 Å². The molecule has 0 unspecified atom stereocenters. The number of nitrogens with zero attached hydrogens (tertiary/aromatic N) is 4. The normalized spacial score (nSPS) is 21.9. The van der Waals surface area contributed by atoms with Gasteiger partial charge in [-0.05, 0) is 54.0 Å². The number of aromatic nitrogens is 2. The van der Waals surface area contributed by atoms with Gasteiger partial charge in [0.2, 0.25) is 5.95 Å². The highest BCUT2D eigenvalue weighted by Gasteiger charge is 2.55. The minimum absolute atomic E-state index is 0.0150. The van der Waals surface area contributed by atoms with Crippen LogP contribution in [0.15, 0.2) is 36.4 Å². The zero-order valence-electron chi connectivity index (χ0n) is 20.9. The van der Waals surface area contributed by atoms with E-state index in [0.29, 0.717) is 12.1 Å². The molecule has 9 heteroatoms. The van der Waals surface area contributed by atoms with Crippen molar-refractivity contribution in [3.05, 3.63) is 47.7 Å². The number of phenolic OH excluding ortho intramolecular Hbond substituents is 1. The maximum absolute atomic E-state index is 14.3. The number of carboxylic acid groups (broad SMARTS) is 1. The summed E-state index contributed by atoms with van der Waals surface area (Å²) in [7, 11) is 0. The van der Waals surface area contributed by atoms with Crippen LogP contribution in [0.1, 0.15) is 37.9 Å². The summed E-state index contributed by atoms with van der Waals surface area (Å²) in [6, 6.07) is 10.1. The van der Waals surface area contributed by atoms with Crippen LogP contribution in [-0.2, 0) is 12.8 Å². The van der Waals surface area contributed by atoms with Crippen LogP contribution >= 0.6 is 0 Å². The Morgan fingerprint density at radius 3 is 2.62 bits per heavy atom. The lowest BCUT2D eigenvalue weighted by molar-refractivity contribution is 0.0162. The topological polar surface area (TPSA) is 89.8 Å². The lowest BCUT2D eigenvalue weighted by atomic mass is 9.75. The molecule has 194 valence electrons. The number of rotatable bonds is 3. The highest BCUT2D eigenvalue weighted by Crippen LogP contribution is 2.47. The minimum Gasteiger partial charge on any atom is -0.508 e. The average Bonchev–Trinajstić information content (AvgIpc) is 3.23. The lowest BCUT2D eigenvalue weighted by Crippen LogP contribution is -2.59. The average molecular weight is 509 g/mol. The summed E-state index contributed by atoms with van der Waals surface area (Å²) in [4.78, 5) is 24.0. The fraction of sp³-hybridized carbons (Fsp3) is 0.464. The maximum Gasteiger partial charge on any atom is 0.407 e. The maximum atomic E-state index is 14.3. The molecule has 2 aliphatic heterocycles. The van der Waals surface area contributed by atoms with Gasteiger partial charge in [0.25, 0.3) is 6.43 Å². The van der Waals surface area contributed by atoms with E-state index in [-0.39, 0.29) is 43.2 Å². The number of carbonyl (C=O) groups is 1. The van der Waals surface area contributed by atoms with E-state index >= 15 is 0 Å². The monoisotopic (exact) mass is 508 g/mol. The van der Waals surface area contributed by atoms with Gasteiger partial charge in [-0.2, -0.15) is 0 Å². The van der Waals surface area contributed by atoms with Gasteiger partial charge in [0.1, 0.15) is 5.75 Å². The first kappa shape index (κ1) is 23.9. The summed E-state index contributed by atoms with van der Waals surface area (Å²) >= 11 is 0. The molecule has 0 saturated carbocycles. The summed E-state index contributed by atoms with van der Waals surface area (Å²) < 4.78 is 28.6. The van der Waals surface area contributed by atoms with Crippen molar-refractivity contribution < 1.29 is 23.8 Å². The van der Waals surface area contributed by atoms with Gasteiger partial charge in [-0.25, -0.2) is 23.5 Å². The molecule has 0 radical (unpaired) electrons. The third-order valence-corrected chi connectivity index (χ3v) is 8.30. The number of benzene rings is 2. The van der Waals surface area contributed by atoms with E-state index in [9.17, 15) is 23.8 Å². The Labute approximate surface area is 213 Å². The van der Waals surface area contributed by atoms with Crippen LogP contribution in [0.4, 0.5) is 19.5 Å². The molecule has 7 nitrogen and oxygen atoms in total. The summed E-state index contributed by atoms with van der Waals surface area (Å²) in [5.41, 5.74) is 2.80. The van der Waals surface area contributed by atoms with E-state index in [2.05, 4.69) is 13.8 Å². The van der Waals surface area contributed by atoms with E-state index < -0.39 is 24.0 Å². The van der Waals surface area contributed by atoms with Crippen molar-refractivity contribution in [2.45, 2.75) is 52.0 Å². The summed E-state index contributed by atoms with van der Waals surface area (Å²) in [6.45, 7) is 5.13. The Morgan fingerprint density at radius 2 is 1.89 bits per heavy atom. The predicted molar refractivity (Wildman–Crippen MR) is 136 cm³/mol. The molecule has 37 heavy (non-hydrogen) atoms. The fourth-order valence-corrected chi connectivity index (χ4v) is 6.44. The summed E-state index contributed by atoms with van der Waals surface area (Å²) in [5.74, 6) is 0.377. The molecule has 3 aliphatic rings. The molecule has 1 atom stereocenters.